The minimum absolute atomic E-state index is 0.0165. The normalized spacial score (nSPS) is 16.8. The van der Waals surface area contributed by atoms with Crippen molar-refractivity contribution < 1.29 is 34.0 Å². The summed E-state index contributed by atoms with van der Waals surface area (Å²) in [7, 11) is 1.41. The Morgan fingerprint density at radius 3 is 2.24 bits per heavy atom. The predicted molar refractivity (Wildman–Crippen MR) is 85.7 cm³/mol. The van der Waals surface area contributed by atoms with E-state index in [0.717, 1.165) is 0 Å². The van der Waals surface area contributed by atoms with Crippen molar-refractivity contribution in [3.05, 3.63) is 40.2 Å². The molecule has 1 aromatic rings. The highest BCUT2D eigenvalue weighted by Crippen LogP contribution is 2.49. The van der Waals surface area contributed by atoms with E-state index in [0.29, 0.717) is 28.5 Å². The monoisotopic (exact) mass is 347 g/mol. The van der Waals surface area contributed by atoms with Gasteiger partial charge in [0, 0.05) is 17.0 Å². The van der Waals surface area contributed by atoms with Crippen LogP contribution in [-0.2, 0) is 9.59 Å². The van der Waals surface area contributed by atoms with Crippen molar-refractivity contribution >= 4 is 11.9 Å². The molecule has 2 aliphatic rings. The third-order valence-electron chi connectivity index (χ3n) is 4.26. The number of nitrogens with one attached hydrogen (secondary N) is 1. The van der Waals surface area contributed by atoms with Crippen LogP contribution in [0.4, 0.5) is 0 Å². The molecule has 0 spiro atoms. The number of hydrogen-bond donors (Lipinski definition) is 3. The number of benzene rings is 1. The van der Waals surface area contributed by atoms with Crippen molar-refractivity contribution in [1.29, 1.82) is 0 Å². The zero-order valence-electron chi connectivity index (χ0n) is 13.9. The number of methoxy groups -OCH3 is 1. The van der Waals surface area contributed by atoms with Crippen molar-refractivity contribution in [2.75, 3.05) is 13.9 Å². The van der Waals surface area contributed by atoms with Gasteiger partial charge in [0.1, 0.15) is 0 Å². The molecule has 25 heavy (non-hydrogen) atoms. The van der Waals surface area contributed by atoms with Crippen LogP contribution in [0, 0.1) is 0 Å². The number of carboxylic acids is 2. The Morgan fingerprint density at radius 2 is 1.72 bits per heavy atom. The first-order chi connectivity index (χ1) is 11.9. The van der Waals surface area contributed by atoms with Gasteiger partial charge in [0.15, 0.2) is 11.5 Å². The van der Waals surface area contributed by atoms with Gasteiger partial charge in [-0.2, -0.15) is 0 Å². The van der Waals surface area contributed by atoms with Gasteiger partial charge in [-0.05, 0) is 19.9 Å². The van der Waals surface area contributed by atoms with Crippen LogP contribution < -0.4 is 19.5 Å². The van der Waals surface area contributed by atoms with Crippen LogP contribution in [0.5, 0.6) is 17.2 Å². The number of allylic oxidation sites excluding steroid dienone is 2. The van der Waals surface area contributed by atoms with Crippen LogP contribution in [-0.4, -0.2) is 36.1 Å². The van der Waals surface area contributed by atoms with E-state index in [1.54, 1.807) is 26.0 Å². The van der Waals surface area contributed by atoms with Gasteiger partial charge in [-0.15, -0.1) is 0 Å². The van der Waals surface area contributed by atoms with Crippen molar-refractivity contribution in [2.45, 2.75) is 19.8 Å². The Balaban J connectivity index is 2.29. The standard InChI is InChI=1S/C17H17NO7/c1-7-11(16(19)20)13(12(17(21)22)8(2)18-7)9-4-5-10-15(14(9)23-3)25-6-24-10/h4-5,13,18H,6H2,1-3H3,(H,19,20)(H,21,22). The molecule has 8 heteroatoms. The quantitative estimate of drug-likeness (QED) is 0.756. The fourth-order valence-electron chi connectivity index (χ4n) is 3.27. The maximum Gasteiger partial charge on any atom is 0.334 e. The lowest BCUT2D eigenvalue weighted by Gasteiger charge is -2.29. The van der Waals surface area contributed by atoms with E-state index in [2.05, 4.69) is 5.32 Å². The smallest absolute Gasteiger partial charge is 0.334 e. The first-order valence-corrected chi connectivity index (χ1v) is 7.48. The molecular weight excluding hydrogens is 330 g/mol. The van der Waals surface area contributed by atoms with Crippen LogP contribution in [0.25, 0.3) is 0 Å². The second kappa shape index (κ2) is 6.04. The molecule has 0 bridgehead atoms. The molecule has 0 atom stereocenters. The largest absolute Gasteiger partial charge is 0.492 e. The number of rotatable bonds is 4. The second-order valence-corrected chi connectivity index (χ2v) is 5.67. The van der Waals surface area contributed by atoms with Gasteiger partial charge in [0.2, 0.25) is 12.5 Å². The molecule has 0 aromatic heterocycles. The molecule has 3 rings (SSSR count). The van der Waals surface area contributed by atoms with Gasteiger partial charge in [-0.25, -0.2) is 9.59 Å². The van der Waals surface area contributed by atoms with Crippen molar-refractivity contribution in [3.8, 4) is 17.2 Å². The van der Waals surface area contributed by atoms with E-state index < -0.39 is 17.9 Å². The Bertz CT molecular complexity index is 802. The van der Waals surface area contributed by atoms with E-state index in [1.807, 2.05) is 0 Å². The van der Waals surface area contributed by atoms with Gasteiger partial charge in [0.05, 0.1) is 24.2 Å². The Hall–Kier alpha value is -3.16. The summed E-state index contributed by atoms with van der Waals surface area (Å²) in [4.78, 5) is 23.7. The zero-order valence-corrected chi connectivity index (χ0v) is 13.9. The molecule has 0 unspecified atom stereocenters. The number of carbonyl (C=O) groups is 2. The Morgan fingerprint density at radius 1 is 1.12 bits per heavy atom. The maximum absolute atomic E-state index is 11.8. The summed E-state index contributed by atoms with van der Waals surface area (Å²) in [6.07, 6.45) is 0. The zero-order chi connectivity index (χ0) is 18.3. The summed E-state index contributed by atoms with van der Waals surface area (Å²) < 4.78 is 16.1. The molecule has 0 fully saturated rings. The number of carboxylic acid groups (broad SMARTS) is 2. The van der Waals surface area contributed by atoms with Crippen molar-refractivity contribution in [3.63, 3.8) is 0 Å². The summed E-state index contributed by atoms with van der Waals surface area (Å²) >= 11 is 0. The summed E-state index contributed by atoms with van der Waals surface area (Å²) in [5.41, 5.74) is 1.03. The predicted octanol–water partition coefficient (Wildman–Crippen LogP) is 1.83. The summed E-state index contributed by atoms with van der Waals surface area (Å²) in [5.74, 6) is -2.37. The van der Waals surface area contributed by atoms with Crippen LogP contribution in [0.15, 0.2) is 34.7 Å². The third kappa shape index (κ3) is 2.55. The first-order valence-electron chi connectivity index (χ1n) is 7.48. The Kier molecular flexibility index (Phi) is 4.03. The second-order valence-electron chi connectivity index (χ2n) is 5.67. The Labute approximate surface area is 143 Å². The number of ether oxygens (including phenoxy) is 3. The lowest BCUT2D eigenvalue weighted by Crippen LogP contribution is -2.31. The van der Waals surface area contributed by atoms with Crippen LogP contribution in [0.1, 0.15) is 25.3 Å². The number of hydrogen-bond acceptors (Lipinski definition) is 6. The molecule has 1 aromatic carbocycles. The molecule has 0 aliphatic carbocycles. The number of fused-ring (bicyclic) bond motifs is 1. The van der Waals surface area contributed by atoms with E-state index in [-0.39, 0.29) is 23.7 Å². The molecule has 0 amide bonds. The van der Waals surface area contributed by atoms with Gasteiger partial charge >= 0.3 is 11.9 Å². The first kappa shape index (κ1) is 16.7. The summed E-state index contributed by atoms with van der Waals surface area (Å²) in [6.45, 7) is 3.21. The lowest BCUT2D eigenvalue weighted by atomic mass is 9.80. The molecule has 2 heterocycles. The third-order valence-corrected chi connectivity index (χ3v) is 4.26. The van der Waals surface area contributed by atoms with Crippen LogP contribution >= 0.6 is 0 Å². The van der Waals surface area contributed by atoms with Crippen molar-refractivity contribution in [1.82, 2.24) is 5.32 Å². The van der Waals surface area contributed by atoms with Gasteiger partial charge in [-0.1, -0.05) is 6.07 Å². The number of aliphatic carboxylic acids is 2. The van der Waals surface area contributed by atoms with Gasteiger partial charge in [0.25, 0.3) is 0 Å². The lowest BCUT2D eigenvalue weighted by molar-refractivity contribution is -0.133. The highest BCUT2D eigenvalue weighted by Gasteiger charge is 2.39. The molecule has 8 nitrogen and oxygen atoms in total. The SMILES string of the molecule is COc1c(C2C(C(=O)O)=C(C)NC(C)=C2C(=O)O)ccc2c1OCO2. The molecular formula is C17H17NO7. The molecule has 3 N–H and O–H groups in total. The molecule has 132 valence electrons. The molecule has 0 saturated heterocycles. The van der Waals surface area contributed by atoms with E-state index in [9.17, 15) is 19.8 Å². The van der Waals surface area contributed by atoms with E-state index in [1.165, 1.54) is 7.11 Å². The minimum Gasteiger partial charge on any atom is -0.492 e. The maximum atomic E-state index is 11.8. The van der Waals surface area contributed by atoms with Crippen LogP contribution in [0.3, 0.4) is 0 Å². The summed E-state index contributed by atoms with van der Waals surface area (Å²) in [6, 6.07) is 3.22. The van der Waals surface area contributed by atoms with Gasteiger partial charge in [-0.3, -0.25) is 0 Å². The fraction of sp³-hybridized carbons (Fsp3) is 0.294. The van der Waals surface area contributed by atoms with Crippen molar-refractivity contribution in [2.24, 2.45) is 0 Å². The topological polar surface area (TPSA) is 114 Å². The summed E-state index contributed by atoms with van der Waals surface area (Å²) in [5, 5.41) is 22.2. The molecule has 2 aliphatic heterocycles. The van der Waals surface area contributed by atoms with E-state index >= 15 is 0 Å². The highest BCUT2D eigenvalue weighted by molar-refractivity contribution is 5.98. The van der Waals surface area contributed by atoms with Gasteiger partial charge < -0.3 is 29.7 Å². The fourth-order valence-corrected chi connectivity index (χ4v) is 3.27. The average Bonchev–Trinajstić information content (AvgIpc) is 3.00. The minimum atomic E-state index is -1.21. The number of dihydropyridines is 1. The van der Waals surface area contributed by atoms with E-state index in [4.69, 9.17) is 14.2 Å². The molecule has 0 saturated carbocycles. The molecule has 0 radical (unpaired) electrons. The van der Waals surface area contributed by atoms with Crippen LogP contribution in [0.2, 0.25) is 0 Å². The highest BCUT2D eigenvalue weighted by atomic mass is 16.7. The average molecular weight is 347 g/mol.